The van der Waals surface area contributed by atoms with Crippen LogP contribution in [0.2, 0.25) is 0 Å². The maximum atomic E-state index is 10.8. The molecule has 2 aromatic rings. The molecule has 0 fully saturated rings. The molecular weight excluding hydrogens is 264 g/mol. The van der Waals surface area contributed by atoms with Gasteiger partial charge in [-0.05, 0) is 49.1 Å². The highest BCUT2D eigenvalue weighted by Crippen LogP contribution is 2.31. The third-order valence-electron chi connectivity index (χ3n) is 4.48. The molecule has 1 aromatic heterocycles. The Bertz CT molecular complexity index is 700. The van der Waals surface area contributed by atoms with Crippen molar-refractivity contribution in [1.82, 2.24) is 9.47 Å². The van der Waals surface area contributed by atoms with Crippen LogP contribution >= 0.6 is 0 Å². The first-order valence-electron chi connectivity index (χ1n) is 7.51. The fraction of sp³-hybridized carbons (Fsp3) is 0.471. The highest BCUT2D eigenvalue weighted by molar-refractivity contribution is 5.86. The zero-order valence-electron chi connectivity index (χ0n) is 12.9. The van der Waals surface area contributed by atoms with E-state index >= 15 is 0 Å². The molecule has 21 heavy (non-hydrogen) atoms. The number of aliphatic carboxylic acids is 1. The number of hydrogen-bond acceptors (Lipinski definition) is 2. The molecule has 3 rings (SSSR count). The largest absolute Gasteiger partial charge is 0.481 e. The molecular formula is C17H22N2O2. The molecule has 0 spiro atoms. The minimum Gasteiger partial charge on any atom is -0.481 e. The number of nitrogens with zero attached hydrogens (tertiary/aromatic N) is 2. The number of benzene rings is 1. The molecule has 1 aromatic carbocycles. The van der Waals surface area contributed by atoms with Crippen molar-refractivity contribution in [3.63, 3.8) is 0 Å². The van der Waals surface area contributed by atoms with Gasteiger partial charge in [0.2, 0.25) is 0 Å². The molecule has 0 unspecified atom stereocenters. The summed E-state index contributed by atoms with van der Waals surface area (Å²) in [5, 5.41) is 10.1. The van der Waals surface area contributed by atoms with Crippen molar-refractivity contribution in [2.24, 2.45) is 7.05 Å². The molecule has 0 radical (unpaired) electrons. The lowest BCUT2D eigenvalue weighted by Crippen LogP contribution is -2.24. The van der Waals surface area contributed by atoms with Crippen LogP contribution in [0.1, 0.15) is 37.0 Å². The van der Waals surface area contributed by atoms with Gasteiger partial charge in [-0.3, -0.25) is 9.69 Å². The summed E-state index contributed by atoms with van der Waals surface area (Å²) >= 11 is 0. The van der Waals surface area contributed by atoms with E-state index in [0.29, 0.717) is 12.5 Å². The lowest BCUT2D eigenvalue weighted by molar-refractivity contribution is -0.136. The van der Waals surface area contributed by atoms with Gasteiger partial charge in [0.25, 0.3) is 0 Å². The standard InChI is InChI=1S/C17H22N2O2/c1-11(2)19-9-13-6-15-12(4-5-17(20)21)8-18(3)16(15)7-14(13)10-19/h6-8,11H,4-5,9-10H2,1-3H3,(H,20,21). The summed E-state index contributed by atoms with van der Waals surface area (Å²) in [7, 11) is 2.04. The van der Waals surface area contributed by atoms with Crippen LogP contribution in [-0.2, 0) is 31.4 Å². The SMILES string of the molecule is CC(C)N1Cc2cc3c(CCC(=O)O)cn(C)c3cc2C1. The molecule has 0 saturated carbocycles. The van der Waals surface area contributed by atoms with Crippen LogP contribution < -0.4 is 0 Å². The highest BCUT2D eigenvalue weighted by atomic mass is 16.4. The number of aromatic nitrogens is 1. The van der Waals surface area contributed by atoms with Crippen molar-refractivity contribution in [1.29, 1.82) is 0 Å². The third kappa shape index (κ3) is 2.56. The number of rotatable bonds is 4. The van der Waals surface area contributed by atoms with E-state index < -0.39 is 5.97 Å². The zero-order valence-corrected chi connectivity index (χ0v) is 12.9. The minimum absolute atomic E-state index is 0.189. The predicted molar refractivity (Wildman–Crippen MR) is 83.3 cm³/mol. The molecule has 0 bridgehead atoms. The van der Waals surface area contributed by atoms with Gasteiger partial charge in [0.1, 0.15) is 0 Å². The Morgan fingerprint density at radius 1 is 1.29 bits per heavy atom. The quantitative estimate of drug-likeness (QED) is 0.940. The Morgan fingerprint density at radius 2 is 1.95 bits per heavy atom. The molecule has 112 valence electrons. The maximum absolute atomic E-state index is 10.8. The molecule has 0 aliphatic carbocycles. The van der Waals surface area contributed by atoms with E-state index in [2.05, 4.69) is 41.6 Å². The van der Waals surface area contributed by atoms with Gasteiger partial charge < -0.3 is 9.67 Å². The second-order valence-corrected chi connectivity index (χ2v) is 6.30. The fourth-order valence-corrected chi connectivity index (χ4v) is 3.19. The van der Waals surface area contributed by atoms with Gasteiger partial charge in [0.05, 0.1) is 0 Å². The molecule has 0 amide bonds. The van der Waals surface area contributed by atoms with Gasteiger partial charge in [-0.25, -0.2) is 0 Å². The van der Waals surface area contributed by atoms with E-state index in [1.165, 1.54) is 22.0 Å². The van der Waals surface area contributed by atoms with Crippen molar-refractivity contribution in [2.45, 2.75) is 45.8 Å². The van der Waals surface area contributed by atoms with Crippen LogP contribution in [-0.4, -0.2) is 26.6 Å². The van der Waals surface area contributed by atoms with Crippen LogP contribution in [0, 0.1) is 0 Å². The summed E-state index contributed by atoms with van der Waals surface area (Å²) in [5.74, 6) is -0.737. The van der Waals surface area contributed by atoms with Crippen LogP contribution in [0.15, 0.2) is 18.3 Å². The smallest absolute Gasteiger partial charge is 0.303 e. The highest BCUT2D eigenvalue weighted by Gasteiger charge is 2.22. The molecule has 1 N–H and O–H groups in total. The zero-order chi connectivity index (χ0) is 15.1. The van der Waals surface area contributed by atoms with Crippen LogP contribution in [0.3, 0.4) is 0 Å². The first-order valence-corrected chi connectivity index (χ1v) is 7.51. The molecule has 2 heterocycles. The summed E-state index contributed by atoms with van der Waals surface area (Å²) in [5.41, 5.74) is 5.14. The number of carbonyl (C=O) groups is 1. The summed E-state index contributed by atoms with van der Waals surface area (Å²) in [6.07, 6.45) is 2.86. The first-order chi connectivity index (χ1) is 9.95. The maximum Gasteiger partial charge on any atom is 0.303 e. The number of hydrogen-bond donors (Lipinski definition) is 1. The van der Waals surface area contributed by atoms with Gasteiger partial charge in [-0.2, -0.15) is 0 Å². The first kappa shape index (κ1) is 14.1. The number of carboxylic acid groups (broad SMARTS) is 1. The topological polar surface area (TPSA) is 45.5 Å². The molecule has 0 atom stereocenters. The normalized spacial score (nSPS) is 15.0. The van der Waals surface area contributed by atoms with Crippen molar-refractivity contribution in [2.75, 3.05) is 0 Å². The van der Waals surface area contributed by atoms with Crippen LogP contribution in [0.25, 0.3) is 10.9 Å². The average Bonchev–Trinajstić information content (AvgIpc) is 2.96. The summed E-state index contributed by atoms with van der Waals surface area (Å²) in [6, 6.07) is 5.09. The second-order valence-electron chi connectivity index (χ2n) is 6.30. The Kier molecular flexibility index (Phi) is 3.49. The number of fused-ring (bicyclic) bond motifs is 2. The molecule has 4 nitrogen and oxygen atoms in total. The summed E-state index contributed by atoms with van der Waals surface area (Å²) in [4.78, 5) is 13.3. The van der Waals surface area contributed by atoms with Crippen molar-refractivity contribution < 1.29 is 9.90 Å². The van der Waals surface area contributed by atoms with E-state index in [9.17, 15) is 4.79 Å². The van der Waals surface area contributed by atoms with Crippen LogP contribution in [0.4, 0.5) is 0 Å². The van der Waals surface area contributed by atoms with Gasteiger partial charge in [0.15, 0.2) is 0 Å². The van der Waals surface area contributed by atoms with Gasteiger partial charge in [-0.15, -0.1) is 0 Å². The van der Waals surface area contributed by atoms with E-state index in [1.807, 2.05) is 7.05 Å². The summed E-state index contributed by atoms with van der Waals surface area (Å²) < 4.78 is 2.12. The summed E-state index contributed by atoms with van der Waals surface area (Å²) in [6.45, 7) is 6.46. The fourth-order valence-electron chi connectivity index (χ4n) is 3.19. The van der Waals surface area contributed by atoms with E-state index in [4.69, 9.17) is 5.11 Å². The lowest BCUT2D eigenvalue weighted by atomic mass is 10.0. The van der Waals surface area contributed by atoms with Crippen LogP contribution in [0.5, 0.6) is 0 Å². The third-order valence-corrected chi connectivity index (χ3v) is 4.48. The van der Waals surface area contributed by atoms with Crippen molar-refractivity contribution in [3.8, 4) is 0 Å². The Balaban J connectivity index is 1.99. The molecule has 1 aliphatic heterocycles. The number of carboxylic acids is 1. The van der Waals surface area contributed by atoms with Gasteiger partial charge >= 0.3 is 5.97 Å². The second kappa shape index (κ2) is 5.19. The predicted octanol–water partition coefficient (Wildman–Crippen LogP) is 2.92. The lowest BCUT2D eigenvalue weighted by Gasteiger charge is -2.18. The minimum atomic E-state index is -0.737. The molecule has 4 heteroatoms. The number of aryl methyl sites for hydroxylation is 2. The van der Waals surface area contributed by atoms with E-state index in [0.717, 1.165) is 18.7 Å². The monoisotopic (exact) mass is 286 g/mol. The van der Waals surface area contributed by atoms with Crippen molar-refractivity contribution in [3.05, 3.63) is 35.0 Å². The van der Waals surface area contributed by atoms with E-state index in [1.54, 1.807) is 0 Å². The molecule has 1 aliphatic rings. The molecule has 0 saturated heterocycles. The Labute approximate surface area is 125 Å². The van der Waals surface area contributed by atoms with Crippen molar-refractivity contribution >= 4 is 16.9 Å². The Morgan fingerprint density at radius 3 is 2.57 bits per heavy atom. The van der Waals surface area contributed by atoms with E-state index in [-0.39, 0.29) is 6.42 Å². The Hall–Kier alpha value is -1.81. The van der Waals surface area contributed by atoms with Gasteiger partial charge in [-0.1, -0.05) is 0 Å². The average molecular weight is 286 g/mol. The van der Waals surface area contributed by atoms with Gasteiger partial charge in [0, 0.05) is 49.7 Å².